The van der Waals surface area contributed by atoms with E-state index in [0.717, 1.165) is 5.56 Å². The lowest BCUT2D eigenvalue weighted by atomic mass is 10.1. The van der Waals surface area contributed by atoms with Crippen LogP contribution in [0, 0.1) is 6.92 Å². The second-order valence-electron chi connectivity index (χ2n) is 5.55. The van der Waals surface area contributed by atoms with Crippen molar-refractivity contribution in [2.45, 2.75) is 30.4 Å². The van der Waals surface area contributed by atoms with Gasteiger partial charge in [-0.05, 0) is 24.6 Å². The molecule has 7 heteroatoms. The fourth-order valence-corrected chi connectivity index (χ4v) is 4.43. The number of aryl methyl sites for hydroxylation is 1. The van der Waals surface area contributed by atoms with Crippen LogP contribution >= 0.6 is 0 Å². The van der Waals surface area contributed by atoms with E-state index in [4.69, 9.17) is 15.2 Å². The number of sulfonamides is 1. The normalized spacial score (nSPS) is 22.7. The lowest BCUT2D eigenvalue weighted by Gasteiger charge is -2.36. The summed E-state index contributed by atoms with van der Waals surface area (Å²) in [6, 6.07) is 5.02. The molecule has 2 fully saturated rings. The van der Waals surface area contributed by atoms with Gasteiger partial charge in [-0.15, -0.1) is 0 Å². The molecule has 0 atom stereocenters. The SMILES string of the molecule is Cc1ccc(S(=O)(=O)N2CCC3(CC2)OCCO3)c(N)c1. The van der Waals surface area contributed by atoms with Crippen molar-refractivity contribution in [3.8, 4) is 0 Å². The Hall–Kier alpha value is -1.15. The highest BCUT2D eigenvalue weighted by atomic mass is 32.2. The second-order valence-corrected chi connectivity index (χ2v) is 7.46. The molecule has 1 spiro atoms. The Bertz CT molecular complexity index is 628. The molecule has 2 aliphatic heterocycles. The number of nitrogens with two attached hydrogens (primary N) is 1. The van der Waals surface area contributed by atoms with Crippen LogP contribution in [-0.4, -0.2) is 44.8 Å². The van der Waals surface area contributed by atoms with E-state index in [-0.39, 0.29) is 4.90 Å². The average molecular weight is 312 g/mol. The number of benzene rings is 1. The van der Waals surface area contributed by atoms with Crippen LogP contribution in [0.25, 0.3) is 0 Å². The topological polar surface area (TPSA) is 81.9 Å². The summed E-state index contributed by atoms with van der Waals surface area (Å²) in [6.07, 6.45) is 1.11. The third kappa shape index (κ3) is 2.66. The molecule has 0 aliphatic carbocycles. The third-order valence-corrected chi connectivity index (χ3v) is 6.05. The molecule has 0 unspecified atom stereocenters. The Labute approximate surface area is 124 Å². The van der Waals surface area contributed by atoms with Crippen molar-refractivity contribution in [2.75, 3.05) is 32.0 Å². The number of nitrogens with zero attached hydrogens (tertiary/aromatic N) is 1. The van der Waals surface area contributed by atoms with Gasteiger partial charge in [0.2, 0.25) is 10.0 Å². The summed E-state index contributed by atoms with van der Waals surface area (Å²) in [6.45, 7) is 3.81. The molecule has 2 aliphatic rings. The van der Waals surface area contributed by atoms with Crippen molar-refractivity contribution in [1.82, 2.24) is 4.31 Å². The van der Waals surface area contributed by atoms with Crippen molar-refractivity contribution in [3.63, 3.8) is 0 Å². The summed E-state index contributed by atoms with van der Waals surface area (Å²) in [5, 5.41) is 0. The van der Waals surface area contributed by atoms with Crippen molar-refractivity contribution >= 4 is 15.7 Å². The Morgan fingerprint density at radius 1 is 1.19 bits per heavy atom. The largest absolute Gasteiger partial charge is 0.398 e. The van der Waals surface area contributed by atoms with Crippen LogP contribution in [0.4, 0.5) is 5.69 Å². The van der Waals surface area contributed by atoms with Crippen molar-refractivity contribution in [1.29, 1.82) is 0 Å². The van der Waals surface area contributed by atoms with Gasteiger partial charge in [0, 0.05) is 25.9 Å². The number of hydrogen-bond donors (Lipinski definition) is 1. The third-order valence-electron chi connectivity index (χ3n) is 4.08. The van der Waals surface area contributed by atoms with Crippen LogP contribution in [0.1, 0.15) is 18.4 Å². The number of hydrogen-bond acceptors (Lipinski definition) is 5. The fourth-order valence-electron chi connectivity index (χ4n) is 2.89. The number of nitrogen functional groups attached to an aromatic ring is 1. The molecule has 6 nitrogen and oxygen atoms in total. The van der Waals surface area contributed by atoms with E-state index in [1.54, 1.807) is 18.2 Å². The van der Waals surface area contributed by atoms with Gasteiger partial charge in [0.05, 0.1) is 18.9 Å². The van der Waals surface area contributed by atoms with Gasteiger partial charge < -0.3 is 15.2 Å². The molecule has 1 aromatic carbocycles. The lowest BCUT2D eigenvalue weighted by molar-refractivity contribution is -0.179. The number of piperidine rings is 1. The Morgan fingerprint density at radius 3 is 2.38 bits per heavy atom. The molecule has 3 rings (SSSR count). The maximum atomic E-state index is 12.7. The summed E-state index contributed by atoms with van der Waals surface area (Å²) in [4.78, 5) is 0.178. The summed E-state index contributed by atoms with van der Waals surface area (Å²) < 4.78 is 38.1. The zero-order chi connectivity index (χ0) is 15.1. The van der Waals surface area contributed by atoms with E-state index in [1.807, 2.05) is 6.92 Å². The number of anilines is 1. The summed E-state index contributed by atoms with van der Waals surface area (Å²) in [5.41, 5.74) is 7.11. The highest BCUT2D eigenvalue weighted by Gasteiger charge is 2.42. The standard InChI is InChI=1S/C14H20N2O4S/c1-11-2-3-13(12(15)10-11)21(17,18)16-6-4-14(5-7-16)19-8-9-20-14/h2-3,10H,4-9,15H2,1H3. The van der Waals surface area contributed by atoms with Crippen LogP contribution in [0.3, 0.4) is 0 Å². The molecule has 1 aromatic rings. The number of rotatable bonds is 2. The molecule has 0 bridgehead atoms. The smallest absolute Gasteiger partial charge is 0.245 e. The predicted molar refractivity (Wildman–Crippen MR) is 78.2 cm³/mol. The van der Waals surface area contributed by atoms with E-state index >= 15 is 0 Å². The van der Waals surface area contributed by atoms with E-state index in [0.29, 0.717) is 44.8 Å². The quantitative estimate of drug-likeness (QED) is 0.827. The molecule has 116 valence electrons. The zero-order valence-corrected chi connectivity index (χ0v) is 12.9. The zero-order valence-electron chi connectivity index (χ0n) is 12.0. The van der Waals surface area contributed by atoms with Crippen molar-refractivity contribution < 1.29 is 17.9 Å². The first-order valence-corrected chi connectivity index (χ1v) is 8.51. The average Bonchev–Trinajstić information content (AvgIpc) is 2.87. The maximum absolute atomic E-state index is 12.7. The molecule has 0 aromatic heterocycles. The molecule has 0 amide bonds. The molecule has 2 heterocycles. The predicted octanol–water partition coefficient (Wildman–Crippen LogP) is 1.10. The Balaban J connectivity index is 1.80. The first-order chi connectivity index (χ1) is 9.93. The maximum Gasteiger partial charge on any atom is 0.245 e. The van der Waals surface area contributed by atoms with Gasteiger partial charge in [-0.25, -0.2) is 8.42 Å². The molecule has 21 heavy (non-hydrogen) atoms. The van der Waals surface area contributed by atoms with Gasteiger partial charge in [0.1, 0.15) is 4.90 Å². The van der Waals surface area contributed by atoms with Gasteiger partial charge in [0.25, 0.3) is 0 Å². The summed E-state index contributed by atoms with van der Waals surface area (Å²) >= 11 is 0. The van der Waals surface area contributed by atoms with Gasteiger partial charge >= 0.3 is 0 Å². The highest BCUT2D eigenvalue weighted by Crippen LogP contribution is 2.34. The van der Waals surface area contributed by atoms with Crippen LogP contribution in [0.5, 0.6) is 0 Å². The summed E-state index contributed by atoms with van der Waals surface area (Å²) in [7, 11) is -3.56. The first-order valence-electron chi connectivity index (χ1n) is 7.07. The van der Waals surface area contributed by atoms with E-state index < -0.39 is 15.8 Å². The van der Waals surface area contributed by atoms with Gasteiger partial charge in [-0.1, -0.05) is 6.07 Å². The molecular formula is C14H20N2O4S. The second kappa shape index (κ2) is 5.24. The van der Waals surface area contributed by atoms with Crippen molar-refractivity contribution in [3.05, 3.63) is 23.8 Å². The van der Waals surface area contributed by atoms with Crippen LogP contribution < -0.4 is 5.73 Å². The van der Waals surface area contributed by atoms with Gasteiger partial charge in [-0.3, -0.25) is 0 Å². The molecule has 2 N–H and O–H groups in total. The van der Waals surface area contributed by atoms with E-state index in [1.165, 1.54) is 4.31 Å². The van der Waals surface area contributed by atoms with Gasteiger partial charge in [0.15, 0.2) is 5.79 Å². The first kappa shape index (κ1) is 14.8. The highest BCUT2D eigenvalue weighted by molar-refractivity contribution is 7.89. The molecule has 0 saturated carbocycles. The fraction of sp³-hybridized carbons (Fsp3) is 0.571. The summed E-state index contributed by atoms with van der Waals surface area (Å²) in [5.74, 6) is -0.579. The van der Waals surface area contributed by atoms with E-state index in [9.17, 15) is 8.42 Å². The molecular weight excluding hydrogens is 292 g/mol. The van der Waals surface area contributed by atoms with Gasteiger partial charge in [-0.2, -0.15) is 4.31 Å². The van der Waals surface area contributed by atoms with Crippen LogP contribution in [-0.2, 0) is 19.5 Å². The Kier molecular flexibility index (Phi) is 3.69. The minimum absolute atomic E-state index is 0.178. The lowest BCUT2D eigenvalue weighted by Crippen LogP contribution is -2.47. The molecule has 0 radical (unpaired) electrons. The van der Waals surface area contributed by atoms with Crippen LogP contribution in [0.2, 0.25) is 0 Å². The van der Waals surface area contributed by atoms with Crippen molar-refractivity contribution in [2.24, 2.45) is 0 Å². The minimum atomic E-state index is -3.56. The van der Waals surface area contributed by atoms with E-state index in [2.05, 4.69) is 0 Å². The monoisotopic (exact) mass is 312 g/mol. The Morgan fingerprint density at radius 2 is 1.81 bits per heavy atom. The molecule has 2 saturated heterocycles. The number of ether oxygens (including phenoxy) is 2. The minimum Gasteiger partial charge on any atom is -0.398 e. The van der Waals surface area contributed by atoms with Crippen LogP contribution in [0.15, 0.2) is 23.1 Å².